The first-order chi connectivity index (χ1) is 18.2. The van der Waals surface area contributed by atoms with E-state index in [-0.39, 0.29) is 11.9 Å². The smallest absolute Gasteiger partial charge is 0.407 e. The molecule has 3 aromatic rings. The largest absolute Gasteiger partial charge is 0.497 e. The van der Waals surface area contributed by atoms with Crippen molar-refractivity contribution in [2.45, 2.75) is 36.5 Å². The third-order valence-electron chi connectivity index (χ3n) is 5.61. The molecule has 10 heteroatoms. The average Bonchev–Trinajstić information content (AvgIpc) is 2.91. The first-order valence-electron chi connectivity index (χ1n) is 11.8. The lowest BCUT2D eigenvalue weighted by atomic mass is 10.0. The zero-order valence-electron chi connectivity index (χ0n) is 20.8. The van der Waals surface area contributed by atoms with E-state index in [0.717, 1.165) is 26.9 Å². The molecule has 0 heterocycles. The van der Waals surface area contributed by atoms with Crippen LogP contribution in [0.2, 0.25) is 0 Å². The van der Waals surface area contributed by atoms with Gasteiger partial charge in [0.25, 0.3) is 10.1 Å². The predicted molar refractivity (Wildman–Crippen MR) is 155 cm³/mol. The molecular formula is C28H30BrNO6S2. The van der Waals surface area contributed by atoms with Crippen molar-refractivity contribution in [2.75, 3.05) is 7.11 Å². The van der Waals surface area contributed by atoms with Gasteiger partial charge in [0.05, 0.1) is 18.6 Å². The number of alkyl carbamates (subject to hydrolysis) is 1. The summed E-state index contributed by atoms with van der Waals surface area (Å²) in [5.41, 5.74) is 2.98. The normalized spacial score (nSPS) is 13.1. The Hall–Kier alpha value is -2.79. The molecule has 0 bridgehead atoms. The molecule has 202 valence electrons. The van der Waals surface area contributed by atoms with Crippen molar-refractivity contribution < 1.29 is 27.2 Å². The number of halogens is 1. The minimum absolute atomic E-state index is 0.0734. The average molecular weight is 621 g/mol. The number of aryl methyl sites for hydroxylation is 1. The number of ether oxygens (including phenoxy) is 2. The maximum Gasteiger partial charge on any atom is 0.407 e. The molecule has 0 aliphatic carbocycles. The number of methoxy groups -OCH3 is 1. The summed E-state index contributed by atoms with van der Waals surface area (Å²) in [6.45, 7) is 0.0734. The highest BCUT2D eigenvalue weighted by atomic mass is 79.9. The van der Waals surface area contributed by atoms with Crippen LogP contribution in [-0.2, 0) is 33.6 Å². The molecule has 1 amide bonds. The van der Waals surface area contributed by atoms with Gasteiger partial charge in [0.15, 0.2) is 0 Å². The highest BCUT2D eigenvalue weighted by Crippen LogP contribution is 2.27. The van der Waals surface area contributed by atoms with Crippen LogP contribution >= 0.6 is 27.7 Å². The fourth-order valence-corrected chi connectivity index (χ4v) is 5.48. The summed E-state index contributed by atoms with van der Waals surface area (Å²) in [7, 11) is -2.78. The van der Waals surface area contributed by atoms with Crippen LogP contribution in [0.4, 0.5) is 4.79 Å². The van der Waals surface area contributed by atoms with Crippen LogP contribution in [0, 0.1) is 0 Å². The van der Waals surface area contributed by atoms with E-state index in [1.165, 1.54) is 6.08 Å². The van der Waals surface area contributed by atoms with Crippen LogP contribution < -0.4 is 10.1 Å². The van der Waals surface area contributed by atoms with Crippen LogP contribution in [0.3, 0.4) is 0 Å². The van der Waals surface area contributed by atoms with Crippen molar-refractivity contribution in [1.29, 1.82) is 0 Å². The number of hydrogen-bond acceptors (Lipinski definition) is 6. The Bertz CT molecular complexity index is 1280. The van der Waals surface area contributed by atoms with E-state index in [1.807, 2.05) is 78.9 Å². The monoisotopic (exact) mass is 619 g/mol. The van der Waals surface area contributed by atoms with Crippen LogP contribution in [0.25, 0.3) is 0 Å². The number of thioether (sulfide) groups is 1. The van der Waals surface area contributed by atoms with Crippen molar-refractivity contribution in [3.63, 3.8) is 0 Å². The lowest BCUT2D eigenvalue weighted by Gasteiger charge is -2.25. The quantitative estimate of drug-likeness (QED) is 0.214. The lowest BCUT2D eigenvalue weighted by Crippen LogP contribution is -2.41. The van der Waals surface area contributed by atoms with E-state index in [9.17, 15) is 17.8 Å². The molecule has 3 aromatic carbocycles. The predicted octanol–water partition coefficient (Wildman–Crippen LogP) is 6.39. The Balaban J connectivity index is 1.78. The number of rotatable bonds is 13. The van der Waals surface area contributed by atoms with Gasteiger partial charge in [0.2, 0.25) is 0 Å². The summed E-state index contributed by atoms with van der Waals surface area (Å²) in [5, 5.41) is 3.26. The highest BCUT2D eigenvalue weighted by Gasteiger charge is 2.23. The molecule has 0 fully saturated rings. The molecule has 7 nitrogen and oxygen atoms in total. The first-order valence-corrected chi connectivity index (χ1v) is 15.2. The van der Waals surface area contributed by atoms with Crippen LogP contribution in [-0.4, -0.2) is 37.5 Å². The van der Waals surface area contributed by atoms with E-state index < -0.39 is 22.3 Å². The van der Waals surface area contributed by atoms with E-state index in [1.54, 1.807) is 18.9 Å². The van der Waals surface area contributed by atoms with Gasteiger partial charge in [0.1, 0.15) is 12.4 Å². The molecule has 0 spiro atoms. The Morgan fingerprint density at radius 1 is 1.00 bits per heavy atom. The molecule has 38 heavy (non-hydrogen) atoms. The number of amides is 1. The van der Waals surface area contributed by atoms with E-state index in [0.29, 0.717) is 24.0 Å². The third kappa shape index (κ3) is 10.9. The minimum Gasteiger partial charge on any atom is -0.497 e. The second-order valence-electron chi connectivity index (χ2n) is 8.44. The number of carbonyl (C=O) groups is 1. The van der Waals surface area contributed by atoms with Gasteiger partial charge < -0.3 is 14.8 Å². The second-order valence-corrected chi connectivity index (χ2v) is 11.9. The van der Waals surface area contributed by atoms with Crippen molar-refractivity contribution in [1.82, 2.24) is 5.32 Å². The van der Waals surface area contributed by atoms with Gasteiger partial charge in [-0.1, -0.05) is 70.5 Å². The van der Waals surface area contributed by atoms with Gasteiger partial charge in [-0.25, -0.2) is 4.79 Å². The Labute approximate surface area is 236 Å². The summed E-state index contributed by atoms with van der Waals surface area (Å²) in [6, 6.07) is 24.2. The Morgan fingerprint density at radius 2 is 1.66 bits per heavy atom. The fraction of sp³-hybridized carbons (Fsp3) is 0.250. The van der Waals surface area contributed by atoms with Crippen molar-refractivity contribution in [2.24, 2.45) is 0 Å². The summed E-state index contributed by atoms with van der Waals surface area (Å²) in [6.07, 6.45) is 1.94. The number of nitrogens with one attached hydrogen (secondary N) is 1. The fourth-order valence-electron chi connectivity index (χ4n) is 3.60. The van der Waals surface area contributed by atoms with E-state index >= 15 is 0 Å². The third-order valence-corrected chi connectivity index (χ3v) is 8.10. The lowest BCUT2D eigenvalue weighted by molar-refractivity contribution is 0.137. The highest BCUT2D eigenvalue weighted by molar-refractivity contribution is 9.10. The molecule has 0 saturated heterocycles. The van der Waals surface area contributed by atoms with Gasteiger partial charge in [-0.2, -0.15) is 20.2 Å². The molecular weight excluding hydrogens is 590 g/mol. The zero-order valence-corrected chi connectivity index (χ0v) is 24.0. The topological polar surface area (TPSA) is 102 Å². The SMILES string of the molecule is COc1ccc(CSC(CCc2ccc(Br)cc2)C(C=CS(=O)(=O)O)NC(=O)OCc2ccccc2)cc1. The van der Waals surface area contributed by atoms with Crippen molar-refractivity contribution in [3.8, 4) is 5.75 Å². The molecule has 0 aromatic heterocycles. The Kier molecular flexibility index (Phi) is 11.7. The van der Waals surface area contributed by atoms with Gasteiger partial charge >= 0.3 is 6.09 Å². The molecule has 2 unspecified atom stereocenters. The number of hydrogen-bond donors (Lipinski definition) is 2. The van der Waals surface area contributed by atoms with Gasteiger partial charge in [0, 0.05) is 15.5 Å². The molecule has 0 saturated carbocycles. The van der Waals surface area contributed by atoms with Crippen molar-refractivity contribution >= 4 is 43.9 Å². The van der Waals surface area contributed by atoms with E-state index in [4.69, 9.17) is 9.47 Å². The molecule has 3 rings (SSSR count). The first kappa shape index (κ1) is 29.8. The van der Waals surface area contributed by atoms with Gasteiger partial charge in [-0.3, -0.25) is 4.55 Å². The van der Waals surface area contributed by atoms with Crippen molar-refractivity contribution in [3.05, 3.63) is 112 Å². The summed E-state index contributed by atoms with van der Waals surface area (Å²) in [5.74, 6) is 1.37. The number of benzene rings is 3. The minimum atomic E-state index is -4.39. The molecule has 2 N–H and O–H groups in total. The maximum absolute atomic E-state index is 12.7. The standard InChI is InChI=1S/C28H30BrNO6S2/c1-35-25-14-9-23(10-15-25)20-37-27(16-11-21-7-12-24(29)13-8-21)26(17-18-38(32,33)34)30-28(31)36-19-22-5-3-2-4-6-22/h2-10,12-15,17-18,26-27H,11,16,19-20H2,1H3,(H,30,31)(H,32,33,34). The van der Waals surface area contributed by atoms with Crippen LogP contribution in [0.1, 0.15) is 23.1 Å². The summed E-state index contributed by atoms with van der Waals surface area (Å²) >= 11 is 5.02. The maximum atomic E-state index is 12.7. The second kappa shape index (κ2) is 15.0. The summed E-state index contributed by atoms with van der Waals surface area (Å²) in [4.78, 5) is 12.7. The molecule has 0 aliphatic rings. The molecule has 0 radical (unpaired) electrons. The zero-order chi connectivity index (χ0) is 27.4. The van der Waals surface area contributed by atoms with Crippen LogP contribution in [0.5, 0.6) is 5.75 Å². The van der Waals surface area contributed by atoms with Gasteiger partial charge in [-0.15, -0.1) is 0 Å². The summed E-state index contributed by atoms with van der Waals surface area (Å²) < 4.78 is 43.9. The number of carbonyl (C=O) groups excluding carboxylic acids is 1. The van der Waals surface area contributed by atoms with Crippen LogP contribution in [0.15, 0.2) is 94.8 Å². The van der Waals surface area contributed by atoms with Gasteiger partial charge in [-0.05, 0) is 59.9 Å². The Morgan fingerprint density at radius 3 is 2.29 bits per heavy atom. The molecule has 2 atom stereocenters. The van der Waals surface area contributed by atoms with E-state index in [2.05, 4.69) is 21.2 Å². The molecule has 0 aliphatic heterocycles.